The molecule has 2 heterocycles. The fourth-order valence-electron chi connectivity index (χ4n) is 3.63. The molecule has 0 aromatic heterocycles. The molecule has 0 N–H and O–H groups in total. The molecular weight excluding hydrogens is 326 g/mol. The Labute approximate surface area is 133 Å². The van der Waals surface area contributed by atoms with E-state index in [0.717, 1.165) is 29.9 Å². The van der Waals surface area contributed by atoms with Gasteiger partial charge in [-0.2, -0.15) is 0 Å². The number of likely N-dealkylation sites (tertiary alicyclic amines) is 1. The van der Waals surface area contributed by atoms with Gasteiger partial charge in [-0.25, -0.2) is 0 Å². The first-order valence-electron chi connectivity index (χ1n) is 7.51. The van der Waals surface area contributed by atoms with Crippen molar-refractivity contribution in [2.45, 2.75) is 19.0 Å². The number of halogens is 1. The van der Waals surface area contributed by atoms with Gasteiger partial charge < -0.3 is 4.74 Å². The molecule has 3 heteroatoms. The van der Waals surface area contributed by atoms with Crippen LogP contribution < -0.4 is 4.74 Å². The topological polar surface area (TPSA) is 12.5 Å². The highest BCUT2D eigenvalue weighted by molar-refractivity contribution is 9.10. The van der Waals surface area contributed by atoms with E-state index in [9.17, 15) is 0 Å². The van der Waals surface area contributed by atoms with E-state index in [1.165, 1.54) is 17.5 Å². The van der Waals surface area contributed by atoms with Crippen LogP contribution in [0.25, 0.3) is 0 Å². The third kappa shape index (κ3) is 2.49. The first kappa shape index (κ1) is 13.4. The standard InChI is InChI=1S/C18H18BrNO/c19-15-6-7-17-16(10-15)18-14(12-21-17)8-9-20(18)11-13-4-2-1-3-5-13/h1-7,10,14,18H,8-9,11-12H2/t14-,18-/m0/s1. The molecule has 0 radical (unpaired) electrons. The van der Waals surface area contributed by atoms with E-state index in [2.05, 4.69) is 69.4 Å². The summed E-state index contributed by atoms with van der Waals surface area (Å²) in [6, 6.07) is 17.6. The summed E-state index contributed by atoms with van der Waals surface area (Å²) in [6.07, 6.45) is 1.23. The molecular formula is C18H18BrNO. The molecule has 1 fully saturated rings. The van der Waals surface area contributed by atoms with Gasteiger partial charge in [0.25, 0.3) is 0 Å². The van der Waals surface area contributed by atoms with E-state index >= 15 is 0 Å². The van der Waals surface area contributed by atoms with Gasteiger partial charge >= 0.3 is 0 Å². The number of hydrogen-bond donors (Lipinski definition) is 0. The van der Waals surface area contributed by atoms with Crippen molar-refractivity contribution in [3.05, 3.63) is 64.1 Å². The second-order valence-corrected chi connectivity index (χ2v) is 6.86. The Morgan fingerprint density at radius 3 is 2.86 bits per heavy atom. The number of hydrogen-bond acceptors (Lipinski definition) is 2. The van der Waals surface area contributed by atoms with Crippen LogP contribution in [0.1, 0.15) is 23.6 Å². The molecule has 2 aliphatic heterocycles. The van der Waals surface area contributed by atoms with Crippen molar-refractivity contribution in [1.82, 2.24) is 4.90 Å². The Hall–Kier alpha value is -1.32. The fourth-order valence-corrected chi connectivity index (χ4v) is 4.00. The molecule has 21 heavy (non-hydrogen) atoms. The first-order chi connectivity index (χ1) is 10.3. The van der Waals surface area contributed by atoms with Gasteiger partial charge in [0.1, 0.15) is 5.75 Å². The van der Waals surface area contributed by atoms with Crippen LogP contribution in [-0.2, 0) is 6.54 Å². The Morgan fingerprint density at radius 1 is 1.14 bits per heavy atom. The lowest BCUT2D eigenvalue weighted by Gasteiger charge is -2.34. The summed E-state index contributed by atoms with van der Waals surface area (Å²) < 4.78 is 7.08. The second-order valence-electron chi connectivity index (χ2n) is 5.94. The molecule has 2 atom stereocenters. The maximum absolute atomic E-state index is 5.94. The van der Waals surface area contributed by atoms with Crippen LogP contribution in [0, 0.1) is 5.92 Å². The van der Waals surface area contributed by atoms with Crippen molar-refractivity contribution in [3.63, 3.8) is 0 Å². The smallest absolute Gasteiger partial charge is 0.124 e. The fraction of sp³-hybridized carbons (Fsp3) is 0.333. The lowest BCUT2D eigenvalue weighted by Crippen LogP contribution is -2.30. The first-order valence-corrected chi connectivity index (χ1v) is 8.31. The molecule has 2 aliphatic rings. The average Bonchev–Trinajstić information content (AvgIpc) is 2.92. The molecule has 2 aromatic carbocycles. The van der Waals surface area contributed by atoms with Crippen molar-refractivity contribution in [3.8, 4) is 5.75 Å². The van der Waals surface area contributed by atoms with Crippen LogP contribution in [0.5, 0.6) is 5.75 Å². The van der Waals surface area contributed by atoms with E-state index in [1.807, 2.05) is 0 Å². The van der Waals surface area contributed by atoms with Gasteiger partial charge in [0, 0.05) is 28.5 Å². The zero-order chi connectivity index (χ0) is 14.2. The summed E-state index contributed by atoms with van der Waals surface area (Å²) in [5, 5.41) is 0. The minimum absolute atomic E-state index is 0.492. The Morgan fingerprint density at radius 2 is 2.00 bits per heavy atom. The highest BCUT2D eigenvalue weighted by Crippen LogP contribution is 2.46. The molecule has 0 unspecified atom stereocenters. The van der Waals surface area contributed by atoms with Crippen molar-refractivity contribution >= 4 is 15.9 Å². The van der Waals surface area contributed by atoms with Crippen LogP contribution in [0.3, 0.4) is 0 Å². The lowest BCUT2D eigenvalue weighted by molar-refractivity contribution is 0.144. The van der Waals surface area contributed by atoms with Crippen LogP contribution in [0.15, 0.2) is 53.0 Å². The minimum Gasteiger partial charge on any atom is -0.493 e. The van der Waals surface area contributed by atoms with E-state index in [4.69, 9.17) is 4.74 Å². The van der Waals surface area contributed by atoms with Crippen molar-refractivity contribution in [2.24, 2.45) is 5.92 Å². The summed E-state index contributed by atoms with van der Waals surface area (Å²) in [5.41, 5.74) is 2.73. The number of nitrogens with zero attached hydrogens (tertiary/aromatic N) is 1. The van der Waals surface area contributed by atoms with Gasteiger partial charge in [0.15, 0.2) is 0 Å². The SMILES string of the molecule is Brc1ccc2c(c1)[C@@H]1[C@@H](CCN1Cc1ccccc1)CO2. The van der Waals surface area contributed by atoms with Crippen molar-refractivity contribution in [1.29, 1.82) is 0 Å². The van der Waals surface area contributed by atoms with Gasteiger partial charge in [-0.1, -0.05) is 46.3 Å². The summed E-state index contributed by atoms with van der Waals surface area (Å²) in [7, 11) is 0. The van der Waals surface area contributed by atoms with Crippen LogP contribution in [0.2, 0.25) is 0 Å². The van der Waals surface area contributed by atoms with E-state index in [0.29, 0.717) is 12.0 Å². The highest BCUT2D eigenvalue weighted by atomic mass is 79.9. The number of fused-ring (bicyclic) bond motifs is 3. The quantitative estimate of drug-likeness (QED) is 0.800. The molecule has 1 saturated heterocycles. The largest absolute Gasteiger partial charge is 0.493 e. The zero-order valence-electron chi connectivity index (χ0n) is 11.8. The average molecular weight is 344 g/mol. The molecule has 0 amide bonds. The van der Waals surface area contributed by atoms with Crippen molar-refractivity contribution in [2.75, 3.05) is 13.2 Å². The second kappa shape index (κ2) is 5.47. The molecule has 2 aromatic rings. The predicted octanol–water partition coefficient (Wildman–Crippen LogP) is 4.40. The maximum Gasteiger partial charge on any atom is 0.124 e. The predicted molar refractivity (Wildman–Crippen MR) is 87.3 cm³/mol. The summed E-state index contributed by atoms with van der Waals surface area (Å²) in [5.74, 6) is 1.68. The Bertz CT molecular complexity index is 643. The zero-order valence-corrected chi connectivity index (χ0v) is 13.4. The van der Waals surface area contributed by atoms with Gasteiger partial charge in [-0.05, 0) is 36.7 Å². The third-order valence-electron chi connectivity index (χ3n) is 4.60. The van der Waals surface area contributed by atoms with Gasteiger partial charge in [0.05, 0.1) is 6.61 Å². The molecule has 108 valence electrons. The van der Waals surface area contributed by atoms with E-state index < -0.39 is 0 Å². The van der Waals surface area contributed by atoms with Crippen LogP contribution in [0.4, 0.5) is 0 Å². The van der Waals surface area contributed by atoms with Crippen molar-refractivity contribution < 1.29 is 4.74 Å². The summed E-state index contributed by atoms with van der Waals surface area (Å²) in [4.78, 5) is 2.60. The summed E-state index contributed by atoms with van der Waals surface area (Å²) in [6.45, 7) is 3.03. The minimum atomic E-state index is 0.492. The maximum atomic E-state index is 5.94. The van der Waals surface area contributed by atoms with Gasteiger partial charge in [-0.3, -0.25) is 4.90 Å². The normalized spacial score (nSPS) is 24.2. The van der Waals surface area contributed by atoms with E-state index in [-0.39, 0.29) is 0 Å². The highest BCUT2D eigenvalue weighted by Gasteiger charge is 2.39. The molecule has 0 spiro atoms. The van der Waals surface area contributed by atoms with Gasteiger partial charge in [-0.15, -0.1) is 0 Å². The number of ether oxygens (including phenoxy) is 1. The molecule has 0 bridgehead atoms. The third-order valence-corrected chi connectivity index (χ3v) is 5.09. The number of rotatable bonds is 2. The Kier molecular flexibility index (Phi) is 3.48. The molecule has 0 aliphatic carbocycles. The lowest BCUT2D eigenvalue weighted by atomic mass is 9.91. The molecule has 2 nitrogen and oxygen atoms in total. The monoisotopic (exact) mass is 343 g/mol. The number of benzene rings is 2. The summed E-state index contributed by atoms with van der Waals surface area (Å²) >= 11 is 3.60. The van der Waals surface area contributed by atoms with Crippen LogP contribution >= 0.6 is 15.9 Å². The van der Waals surface area contributed by atoms with E-state index in [1.54, 1.807) is 0 Å². The van der Waals surface area contributed by atoms with Gasteiger partial charge in [0.2, 0.25) is 0 Å². The Balaban J connectivity index is 1.66. The molecule has 4 rings (SSSR count). The van der Waals surface area contributed by atoms with Crippen LogP contribution in [-0.4, -0.2) is 18.1 Å². The molecule has 0 saturated carbocycles.